The number of hydrogen-bond donors (Lipinski definition) is 1. The molecule has 0 spiro atoms. The van der Waals surface area contributed by atoms with E-state index >= 15 is 0 Å². The van der Waals surface area contributed by atoms with Gasteiger partial charge in [0, 0.05) is 5.39 Å². The zero-order valence-electron chi connectivity index (χ0n) is 7.92. The molecular weight excluding hydrogens is 192 g/mol. The molecule has 0 radical (unpaired) electrons. The number of aliphatic hydroxyl groups excluding tert-OH is 1. The first-order valence-electron chi connectivity index (χ1n) is 4.49. The van der Waals surface area contributed by atoms with E-state index in [0.29, 0.717) is 5.76 Å². The van der Waals surface area contributed by atoms with E-state index < -0.39 is 0 Å². The van der Waals surface area contributed by atoms with Gasteiger partial charge in [-0.25, -0.2) is 0 Å². The molecule has 0 saturated carbocycles. The second-order valence-electron chi connectivity index (χ2n) is 3.16. The van der Waals surface area contributed by atoms with Crippen LogP contribution in [0.5, 0.6) is 0 Å². The van der Waals surface area contributed by atoms with Crippen molar-refractivity contribution in [2.45, 2.75) is 6.42 Å². The van der Waals surface area contributed by atoms with E-state index in [1.54, 1.807) is 0 Å². The van der Waals surface area contributed by atoms with Crippen LogP contribution in [0.2, 0.25) is 0 Å². The molecule has 0 amide bonds. The summed E-state index contributed by atoms with van der Waals surface area (Å²) >= 11 is 0. The van der Waals surface area contributed by atoms with Gasteiger partial charge in [-0.2, -0.15) is 0 Å². The number of para-hydroxylation sites is 1. The van der Waals surface area contributed by atoms with Gasteiger partial charge in [0.05, 0.1) is 6.42 Å². The summed E-state index contributed by atoms with van der Waals surface area (Å²) in [6, 6.07) is 9.43. The van der Waals surface area contributed by atoms with Crippen molar-refractivity contribution in [3.05, 3.63) is 53.0 Å². The Morgan fingerprint density at radius 1 is 1.47 bits per heavy atom. The molecule has 1 aromatic carbocycles. The quantitative estimate of drug-likeness (QED) is 0.599. The number of aliphatic hydroxyl groups is 1. The van der Waals surface area contributed by atoms with Gasteiger partial charge in [0.25, 0.3) is 0 Å². The summed E-state index contributed by atoms with van der Waals surface area (Å²) in [7, 11) is 0. The Bertz CT molecular complexity index is 516. The molecule has 1 heterocycles. The number of furan rings is 1. The van der Waals surface area contributed by atoms with Crippen molar-refractivity contribution in [1.29, 1.82) is 5.39 Å². The van der Waals surface area contributed by atoms with Crippen LogP contribution in [0.15, 0.2) is 46.7 Å². The zero-order valence-corrected chi connectivity index (χ0v) is 7.92. The number of allylic oxidation sites excluding steroid dienone is 1. The van der Waals surface area contributed by atoms with Crippen LogP contribution < -0.4 is 0 Å². The minimum atomic E-state index is -0.0449. The van der Waals surface area contributed by atoms with Crippen molar-refractivity contribution in [3.63, 3.8) is 0 Å². The lowest BCUT2D eigenvalue weighted by molar-refractivity contribution is 0.385. The maximum absolute atomic E-state index is 9.28. The van der Waals surface area contributed by atoms with E-state index in [2.05, 4.69) is 4.98 Å². The number of nitrogens with zero attached hydrogens (tertiary/aromatic N) is 2. The third kappa shape index (κ3) is 1.97. The fraction of sp³-hybridized carbons (Fsp3) is 0.0909. The molecule has 0 saturated heterocycles. The van der Waals surface area contributed by atoms with Gasteiger partial charge < -0.3 is 9.52 Å². The molecule has 1 aromatic heterocycles. The van der Waals surface area contributed by atoms with Crippen LogP contribution in [0.3, 0.4) is 0 Å². The van der Waals surface area contributed by atoms with E-state index in [1.807, 2.05) is 30.3 Å². The van der Waals surface area contributed by atoms with Gasteiger partial charge in [-0.1, -0.05) is 18.2 Å². The second kappa shape index (κ2) is 3.84. The largest absolute Gasteiger partial charge is 0.505 e. The van der Waals surface area contributed by atoms with Crippen LogP contribution in [-0.2, 0) is 6.42 Å². The molecule has 0 atom stereocenters. The maximum atomic E-state index is 9.28. The van der Waals surface area contributed by atoms with Crippen LogP contribution in [0.4, 0.5) is 0 Å². The Balaban J connectivity index is 2.31. The van der Waals surface area contributed by atoms with E-state index in [1.165, 1.54) is 0 Å². The Hall–Kier alpha value is -2.28. The Morgan fingerprint density at radius 2 is 2.27 bits per heavy atom. The second-order valence-corrected chi connectivity index (χ2v) is 3.16. The molecule has 0 bridgehead atoms. The topological polar surface area (TPSA) is 61.5 Å². The molecule has 15 heavy (non-hydrogen) atoms. The lowest BCUT2D eigenvalue weighted by Gasteiger charge is -1.89. The zero-order chi connectivity index (χ0) is 10.7. The summed E-state index contributed by atoms with van der Waals surface area (Å²) in [5, 5.41) is 18.5. The molecule has 74 valence electrons. The molecular formula is C11H9N2O2+. The minimum absolute atomic E-state index is 0.0449. The summed E-state index contributed by atoms with van der Waals surface area (Å²) in [6.45, 7) is 0. The standard InChI is InChI=1S/C11H8N2O2/c12-13-7-9(14)6-10-5-8-3-1-2-4-11(8)15-10/h1-5,7H,6H2/p+1/b9-7-. The van der Waals surface area contributed by atoms with Gasteiger partial charge in [0.2, 0.25) is 5.39 Å². The average Bonchev–Trinajstić information content (AvgIpc) is 2.59. The SMILES string of the molecule is N#[N+]/C=C(\O)Cc1cc2ccccc2o1. The highest BCUT2D eigenvalue weighted by atomic mass is 16.3. The van der Waals surface area contributed by atoms with Crippen molar-refractivity contribution in [1.82, 2.24) is 0 Å². The molecule has 4 nitrogen and oxygen atoms in total. The third-order valence-corrected chi connectivity index (χ3v) is 2.04. The third-order valence-electron chi connectivity index (χ3n) is 2.04. The smallest absolute Gasteiger partial charge is 0.387 e. The first kappa shape index (κ1) is 9.28. The lowest BCUT2D eigenvalue weighted by atomic mass is 10.2. The van der Waals surface area contributed by atoms with Gasteiger partial charge in [-0.15, -0.1) is 0 Å². The molecule has 0 fully saturated rings. The lowest BCUT2D eigenvalue weighted by Crippen LogP contribution is -1.85. The van der Waals surface area contributed by atoms with Crippen LogP contribution in [-0.4, -0.2) is 5.11 Å². The maximum Gasteiger partial charge on any atom is 0.387 e. The van der Waals surface area contributed by atoms with Crippen LogP contribution in [0.1, 0.15) is 5.76 Å². The highest BCUT2D eigenvalue weighted by molar-refractivity contribution is 5.77. The minimum Gasteiger partial charge on any atom is -0.505 e. The van der Waals surface area contributed by atoms with E-state index in [4.69, 9.17) is 9.81 Å². The highest BCUT2D eigenvalue weighted by Crippen LogP contribution is 2.20. The number of rotatable bonds is 2. The summed E-state index contributed by atoms with van der Waals surface area (Å²) < 4.78 is 5.46. The molecule has 0 aliphatic carbocycles. The van der Waals surface area contributed by atoms with Gasteiger partial charge in [0.15, 0.2) is 10.7 Å². The van der Waals surface area contributed by atoms with Crippen molar-refractivity contribution in [3.8, 4) is 0 Å². The van der Waals surface area contributed by atoms with Crippen LogP contribution in [0, 0.1) is 5.39 Å². The van der Waals surface area contributed by atoms with Gasteiger partial charge in [-0.05, 0) is 12.1 Å². The molecule has 0 unspecified atom stereocenters. The van der Waals surface area contributed by atoms with Crippen molar-refractivity contribution in [2.75, 3.05) is 0 Å². The number of benzene rings is 1. The van der Waals surface area contributed by atoms with E-state index in [9.17, 15) is 5.11 Å². The van der Waals surface area contributed by atoms with E-state index in [0.717, 1.165) is 17.2 Å². The predicted molar refractivity (Wildman–Crippen MR) is 55.7 cm³/mol. The fourth-order valence-electron chi connectivity index (χ4n) is 1.41. The molecule has 2 rings (SSSR count). The molecule has 4 heteroatoms. The molecule has 1 N–H and O–H groups in total. The van der Waals surface area contributed by atoms with Gasteiger partial charge >= 0.3 is 6.20 Å². The summed E-state index contributed by atoms with van der Waals surface area (Å²) in [4.78, 5) is 2.73. The first-order chi connectivity index (χ1) is 7.29. The monoisotopic (exact) mass is 201 g/mol. The van der Waals surface area contributed by atoms with Crippen molar-refractivity contribution >= 4 is 11.0 Å². The number of hydrogen-bond acceptors (Lipinski definition) is 3. The van der Waals surface area contributed by atoms with E-state index in [-0.39, 0.29) is 12.2 Å². The average molecular weight is 201 g/mol. The van der Waals surface area contributed by atoms with Crippen molar-refractivity contribution < 1.29 is 9.52 Å². The summed E-state index contributed by atoms with van der Waals surface area (Å²) in [6.07, 6.45) is 1.20. The van der Waals surface area contributed by atoms with Crippen LogP contribution in [0.25, 0.3) is 15.9 Å². The predicted octanol–water partition coefficient (Wildman–Crippen LogP) is 3.23. The Labute approximate surface area is 86.1 Å². The Kier molecular flexibility index (Phi) is 2.38. The summed E-state index contributed by atoms with van der Waals surface area (Å²) in [5.41, 5.74) is 0.779. The molecule has 0 aliphatic rings. The summed E-state index contributed by atoms with van der Waals surface area (Å²) in [5.74, 6) is 0.588. The van der Waals surface area contributed by atoms with Crippen molar-refractivity contribution in [2.24, 2.45) is 0 Å². The molecule has 2 aromatic rings. The molecule has 0 aliphatic heterocycles. The van der Waals surface area contributed by atoms with Crippen LogP contribution >= 0.6 is 0 Å². The number of diazo groups is 1. The fourth-order valence-corrected chi connectivity index (χ4v) is 1.41. The highest BCUT2D eigenvalue weighted by Gasteiger charge is 2.07. The number of fused-ring (bicyclic) bond motifs is 1. The Morgan fingerprint density at radius 3 is 3.00 bits per heavy atom. The normalized spacial score (nSPS) is 11.5. The first-order valence-corrected chi connectivity index (χ1v) is 4.49. The van der Waals surface area contributed by atoms with Gasteiger partial charge in [-0.3, -0.25) is 0 Å². The van der Waals surface area contributed by atoms with Gasteiger partial charge in [0.1, 0.15) is 11.3 Å².